The molecular weight excluding hydrogens is 451 g/mol. The number of rotatable bonds is 6. The molecule has 0 saturated carbocycles. The molecule has 0 radical (unpaired) electrons. The van der Waals surface area contributed by atoms with Crippen LogP contribution < -0.4 is 10.5 Å². The SMILES string of the molecule is Cc1nn(-c2ccc(F)cc2)c(Cl)c1C(=O)OCC(=O)Nc1cccc(S(N)(=O)=O)c1. The Morgan fingerprint density at radius 1 is 1.23 bits per heavy atom. The number of benzene rings is 2. The average molecular weight is 467 g/mol. The number of carbonyl (C=O) groups is 2. The molecule has 12 heteroatoms. The number of hydrogen-bond acceptors (Lipinski definition) is 6. The lowest BCUT2D eigenvalue weighted by Gasteiger charge is -2.08. The van der Waals surface area contributed by atoms with Gasteiger partial charge in [0.2, 0.25) is 10.0 Å². The number of anilines is 1. The predicted molar refractivity (Wildman–Crippen MR) is 110 cm³/mol. The summed E-state index contributed by atoms with van der Waals surface area (Å²) in [4.78, 5) is 24.3. The highest BCUT2D eigenvalue weighted by Gasteiger charge is 2.23. The maximum atomic E-state index is 13.1. The first-order valence-corrected chi connectivity index (χ1v) is 10.6. The Hall–Kier alpha value is -3.28. The van der Waals surface area contributed by atoms with Crippen LogP contribution in [0.5, 0.6) is 0 Å². The molecule has 0 saturated heterocycles. The summed E-state index contributed by atoms with van der Waals surface area (Å²) in [5, 5.41) is 11.5. The van der Waals surface area contributed by atoms with Crippen LogP contribution in [-0.4, -0.2) is 36.7 Å². The predicted octanol–water partition coefficient (Wildman–Crippen LogP) is 2.42. The van der Waals surface area contributed by atoms with Gasteiger partial charge in [0.25, 0.3) is 5.91 Å². The van der Waals surface area contributed by atoms with Crippen LogP contribution in [0.4, 0.5) is 10.1 Å². The van der Waals surface area contributed by atoms with Gasteiger partial charge in [0.15, 0.2) is 6.61 Å². The Labute approximate surface area is 181 Å². The molecule has 0 aliphatic carbocycles. The van der Waals surface area contributed by atoms with Crippen molar-refractivity contribution >= 4 is 39.2 Å². The number of sulfonamides is 1. The number of nitrogens with two attached hydrogens (primary N) is 1. The second-order valence-corrected chi connectivity index (χ2v) is 8.26. The van der Waals surface area contributed by atoms with E-state index in [2.05, 4.69) is 10.4 Å². The Morgan fingerprint density at radius 3 is 2.55 bits per heavy atom. The van der Waals surface area contributed by atoms with Crippen LogP contribution in [0.2, 0.25) is 5.15 Å². The van der Waals surface area contributed by atoms with Gasteiger partial charge in [-0.2, -0.15) is 5.10 Å². The Morgan fingerprint density at radius 2 is 1.90 bits per heavy atom. The molecule has 162 valence electrons. The van der Waals surface area contributed by atoms with E-state index in [1.165, 1.54) is 60.1 Å². The zero-order valence-electron chi connectivity index (χ0n) is 16.0. The molecule has 0 bridgehead atoms. The van der Waals surface area contributed by atoms with Crippen LogP contribution in [0.1, 0.15) is 16.1 Å². The van der Waals surface area contributed by atoms with E-state index in [4.69, 9.17) is 21.5 Å². The fourth-order valence-electron chi connectivity index (χ4n) is 2.64. The molecule has 1 amide bonds. The fourth-order valence-corrected chi connectivity index (χ4v) is 3.54. The Bertz CT molecular complexity index is 1260. The van der Waals surface area contributed by atoms with Crippen molar-refractivity contribution < 1.29 is 27.1 Å². The van der Waals surface area contributed by atoms with Gasteiger partial charge < -0.3 is 10.1 Å². The molecule has 0 unspecified atom stereocenters. The minimum absolute atomic E-state index is 0.0463. The van der Waals surface area contributed by atoms with Crippen molar-refractivity contribution in [2.24, 2.45) is 5.14 Å². The maximum Gasteiger partial charge on any atom is 0.343 e. The lowest BCUT2D eigenvalue weighted by Crippen LogP contribution is -2.21. The van der Waals surface area contributed by atoms with Gasteiger partial charge >= 0.3 is 5.97 Å². The van der Waals surface area contributed by atoms with Gasteiger partial charge in [-0.25, -0.2) is 27.4 Å². The van der Waals surface area contributed by atoms with Crippen molar-refractivity contribution in [1.29, 1.82) is 0 Å². The van der Waals surface area contributed by atoms with E-state index in [0.717, 1.165) is 0 Å². The van der Waals surface area contributed by atoms with Gasteiger partial charge in [-0.05, 0) is 49.4 Å². The van der Waals surface area contributed by atoms with E-state index in [0.29, 0.717) is 5.69 Å². The summed E-state index contributed by atoms with van der Waals surface area (Å²) in [6.07, 6.45) is 0. The normalized spacial score (nSPS) is 11.2. The highest BCUT2D eigenvalue weighted by atomic mass is 35.5. The topological polar surface area (TPSA) is 133 Å². The number of ether oxygens (including phenoxy) is 1. The van der Waals surface area contributed by atoms with Crippen molar-refractivity contribution in [3.8, 4) is 5.69 Å². The maximum absolute atomic E-state index is 13.1. The van der Waals surface area contributed by atoms with Crippen LogP contribution in [0.15, 0.2) is 53.4 Å². The summed E-state index contributed by atoms with van der Waals surface area (Å²) in [6, 6.07) is 10.6. The third-order valence-corrected chi connectivity index (χ3v) is 5.32. The minimum Gasteiger partial charge on any atom is -0.452 e. The van der Waals surface area contributed by atoms with E-state index in [-0.39, 0.29) is 27.0 Å². The number of aryl methyl sites for hydroxylation is 1. The van der Waals surface area contributed by atoms with Crippen molar-refractivity contribution in [3.05, 3.63) is 70.8 Å². The zero-order valence-corrected chi connectivity index (χ0v) is 17.6. The van der Waals surface area contributed by atoms with Crippen LogP contribution in [-0.2, 0) is 19.6 Å². The molecule has 3 rings (SSSR count). The number of halogens is 2. The molecule has 0 atom stereocenters. The van der Waals surface area contributed by atoms with Crippen molar-refractivity contribution in [2.45, 2.75) is 11.8 Å². The minimum atomic E-state index is -3.94. The molecule has 0 fully saturated rings. The molecule has 0 spiro atoms. The van der Waals surface area contributed by atoms with Crippen molar-refractivity contribution in [2.75, 3.05) is 11.9 Å². The van der Waals surface area contributed by atoms with Crippen LogP contribution >= 0.6 is 11.6 Å². The molecule has 2 aromatic carbocycles. The molecule has 3 aromatic rings. The number of esters is 1. The van der Waals surface area contributed by atoms with Crippen LogP contribution in [0.3, 0.4) is 0 Å². The van der Waals surface area contributed by atoms with Crippen molar-refractivity contribution in [1.82, 2.24) is 9.78 Å². The average Bonchev–Trinajstić information content (AvgIpc) is 3.00. The third-order valence-electron chi connectivity index (χ3n) is 4.06. The number of carbonyl (C=O) groups excluding carboxylic acids is 2. The van der Waals surface area contributed by atoms with Crippen molar-refractivity contribution in [3.63, 3.8) is 0 Å². The number of hydrogen-bond donors (Lipinski definition) is 2. The standard InChI is InChI=1S/C19H16ClFN4O5S/c1-11-17(18(20)25(24-11)14-7-5-12(21)6-8-14)19(27)30-10-16(26)23-13-3-2-4-15(9-13)31(22,28)29/h2-9H,10H2,1H3,(H,23,26)(H2,22,28,29). The Kier molecular flexibility index (Phi) is 6.39. The summed E-state index contributed by atoms with van der Waals surface area (Å²) in [5.41, 5.74) is 0.794. The second-order valence-electron chi connectivity index (χ2n) is 6.34. The number of primary sulfonamides is 1. The first kappa shape index (κ1) is 22.4. The molecule has 1 heterocycles. The quantitative estimate of drug-likeness (QED) is 0.536. The molecule has 0 aliphatic heterocycles. The molecule has 9 nitrogen and oxygen atoms in total. The van der Waals surface area contributed by atoms with E-state index in [1.54, 1.807) is 0 Å². The largest absolute Gasteiger partial charge is 0.452 e. The highest BCUT2D eigenvalue weighted by molar-refractivity contribution is 7.89. The summed E-state index contributed by atoms with van der Waals surface area (Å²) < 4.78 is 42.1. The summed E-state index contributed by atoms with van der Waals surface area (Å²) in [5.74, 6) is -2.03. The highest BCUT2D eigenvalue weighted by Crippen LogP contribution is 2.24. The summed E-state index contributed by atoms with van der Waals surface area (Å²) in [6.45, 7) is 0.872. The fraction of sp³-hybridized carbons (Fsp3) is 0.105. The summed E-state index contributed by atoms with van der Waals surface area (Å²) in [7, 11) is -3.94. The molecule has 3 N–H and O–H groups in total. The second kappa shape index (κ2) is 8.84. The van der Waals surface area contributed by atoms with E-state index >= 15 is 0 Å². The number of aromatic nitrogens is 2. The summed E-state index contributed by atoms with van der Waals surface area (Å²) >= 11 is 6.24. The van der Waals surface area contributed by atoms with Gasteiger partial charge in [-0.1, -0.05) is 17.7 Å². The van der Waals surface area contributed by atoms with Gasteiger partial charge in [-0.15, -0.1) is 0 Å². The van der Waals surface area contributed by atoms with E-state index in [1.807, 2.05) is 0 Å². The number of nitrogens with zero attached hydrogens (tertiary/aromatic N) is 2. The molecule has 0 aliphatic rings. The van der Waals surface area contributed by atoms with E-state index < -0.39 is 34.3 Å². The van der Waals surface area contributed by atoms with Crippen LogP contribution in [0.25, 0.3) is 5.69 Å². The van der Waals surface area contributed by atoms with Gasteiger partial charge in [0, 0.05) is 5.69 Å². The smallest absolute Gasteiger partial charge is 0.343 e. The zero-order chi connectivity index (χ0) is 22.8. The molecular formula is C19H16ClFN4O5S. The lowest BCUT2D eigenvalue weighted by atomic mass is 10.2. The Balaban J connectivity index is 1.69. The monoisotopic (exact) mass is 466 g/mol. The van der Waals surface area contributed by atoms with Crippen LogP contribution in [0, 0.1) is 12.7 Å². The first-order valence-electron chi connectivity index (χ1n) is 8.67. The third kappa shape index (κ3) is 5.26. The van der Waals surface area contributed by atoms with Gasteiger partial charge in [0.1, 0.15) is 16.5 Å². The number of nitrogens with one attached hydrogen (secondary N) is 1. The number of amides is 1. The lowest BCUT2D eigenvalue weighted by molar-refractivity contribution is -0.119. The van der Waals surface area contributed by atoms with Gasteiger partial charge in [0.05, 0.1) is 16.3 Å². The van der Waals surface area contributed by atoms with Gasteiger partial charge in [-0.3, -0.25) is 4.79 Å². The first-order chi connectivity index (χ1) is 14.6. The molecule has 1 aromatic heterocycles. The molecule has 31 heavy (non-hydrogen) atoms. The van der Waals surface area contributed by atoms with E-state index in [9.17, 15) is 22.4 Å².